The van der Waals surface area contributed by atoms with Gasteiger partial charge in [-0.05, 0) is 24.6 Å². The summed E-state index contributed by atoms with van der Waals surface area (Å²) in [7, 11) is 2.50. The average molecular weight is 621 g/mol. The molecule has 1 saturated heterocycles. The van der Waals surface area contributed by atoms with Gasteiger partial charge >= 0.3 is 23.9 Å². The van der Waals surface area contributed by atoms with Crippen molar-refractivity contribution in [1.29, 1.82) is 0 Å². The van der Waals surface area contributed by atoms with Crippen molar-refractivity contribution in [3.05, 3.63) is 23.8 Å². The molecule has 240 valence electrons. The van der Waals surface area contributed by atoms with Crippen molar-refractivity contribution < 1.29 is 61.9 Å². The highest BCUT2D eigenvalue weighted by Gasteiger charge is 2.56. The number of aryl methyl sites for hydroxylation is 1. The first-order valence-corrected chi connectivity index (χ1v) is 13.3. The molecular formula is C29H36N2O13. The molecule has 15 nitrogen and oxygen atoms in total. The predicted octanol–water partition coefficient (Wildman–Crippen LogP) is 0.504. The zero-order valence-electron chi connectivity index (χ0n) is 25.3. The fraction of sp³-hybridized carbons (Fsp3) is 0.517. The van der Waals surface area contributed by atoms with E-state index in [9.17, 15) is 28.8 Å². The highest BCUT2D eigenvalue weighted by atomic mass is 16.7. The standard InChI is InChI=1S/C29H36N2O13/c1-8-12-39-13-11-23(36)31(6)15-22(35)30-20-14-16(2)9-10-21(20)43-29-27(42-19(5)34)25(41-18(4)33)24(40-17(3)32)26(44-29)28(37)38-7/h1,9-10,14,24-27,29H,11-13,15H2,2-7H3,(H,30,35). The number of amides is 2. The summed E-state index contributed by atoms with van der Waals surface area (Å²) in [6.45, 7) is 4.78. The van der Waals surface area contributed by atoms with E-state index >= 15 is 0 Å². The van der Waals surface area contributed by atoms with E-state index in [4.69, 9.17) is 39.6 Å². The number of ether oxygens (including phenoxy) is 7. The monoisotopic (exact) mass is 620 g/mol. The molecule has 0 radical (unpaired) electrons. The van der Waals surface area contributed by atoms with Crippen LogP contribution in [0.15, 0.2) is 18.2 Å². The third-order valence-corrected chi connectivity index (χ3v) is 5.94. The second kappa shape index (κ2) is 16.8. The molecule has 15 heteroatoms. The zero-order valence-corrected chi connectivity index (χ0v) is 25.3. The van der Waals surface area contributed by atoms with Crippen molar-refractivity contribution in [1.82, 2.24) is 4.90 Å². The third-order valence-electron chi connectivity index (χ3n) is 5.94. The number of hydrogen-bond donors (Lipinski definition) is 1. The van der Waals surface area contributed by atoms with Crippen LogP contribution in [0.2, 0.25) is 0 Å². The summed E-state index contributed by atoms with van der Waals surface area (Å²) < 4.78 is 37.6. The minimum atomic E-state index is -1.67. The Labute approximate surface area is 254 Å². The Morgan fingerprint density at radius 1 is 0.977 bits per heavy atom. The summed E-state index contributed by atoms with van der Waals surface area (Å²) in [5, 5.41) is 2.66. The summed E-state index contributed by atoms with van der Waals surface area (Å²) in [6.07, 6.45) is -2.86. The number of terminal acetylenes is 1. The molecule has 1 N–H and O–H groups in total. The van der Waals surface area contributed by atoms with Crippen LogP contribution in [0.25, 0.3) is 0 Å². The Bertz CT molecular complexity index is 1270. The molecule has 1 fully saturated rings. The van der Waals surface area contributed by atoms with Crippen LogP contribution in [0, 0.1) is 19.3 Å². The quantitative estimate of drug-likeness (QED) is 0.139. The highest BCUT2D eigenvalue weighted by molar-refractivity contribution is 5.95. The molecule has 1 aromatic carbocycles. The third kappa shape index (κ3) is 10.5. The minimum Gasteiger partial charge on any atom is -0.467 e. The van der Waals surface area contributed by atoms with Crippen LogP contribution in [0.1, 0.15) is 32.8 Å². The van der Waals surface area contributed by atoms with Crippen molar-refractivity contribution in [2.24, 2.45) is 0 Å². The van der Waals surface area contributed by atoms with E-state index in [1.54, 1.807) is 19.1 Å². The summed E-state index contributed by atoms with van der Waals surface area (Å²) in [4.78, 5) is 75.1. The lowest BCUT2D eigenvalue weighted by atomic mass is 9.97. The molecule has 5 unspecified atom stereocenters. The molecule has 1 aromatic rings. The van der Waals surface area contributed by atoms with E-state index in [0.717, 1.165) is 27.9 Å². The Morgan fingerprint density at radius 3 is 2.18 bits per heavy atom. The van der Waals surface area contributed by atoms with Crippen molar-refractivity contribution in [2.75, 3.05) is 39.2 Å². The average Bonchev–Trinajstić information content (AvgIpc) is 2.93. The van der Waals surface area contributed by atoms with Gasteiger partial charge in [0.1, 0.15) is 12.4 Å². The van der Waals surface area contributed by atoms with Crippen molar-refractivity contribution in [3.8, 4) is 18.1 Å². The number of nitrogens with zero attached hydrogens (tertiary/aromatic N) is 1. The molecule has 2 rings (SSSR count). The molecule has 0 spiro atoms. The second-order valence-electron chi connectivity index (χ2n) is 9.59. The number of rotatable bonds is 13. The predicted molar refractivity (Wildman–Crippen MR) is 150 cm³/mol. The number of hydrogen-bond acceptors (Lipinski definition) is 13. The molecule has 0 aliphatic carbocycles. The minimum absolute atomic E-state index is 0.00102. The van der Waals surface area contributed by atoms with E-state index in [0.29, 0.717) is 5.56 Å². The number of nitrogens with one attached hydrogen (secondary N) is 1. The van der Waals surface area contributed by atoms with Crippen LogP contribution >= 0.6 is 0 Å². The first-order chi connectivity index (χ1) is 20.8. The van der Waals surface area contributed by atoms with Gasteiger partial charge in [0, 0.05) is 27.8 Å². The molecule has 1 heterocycles. The molecule has 2 amide bonds. The number of benzene rings is 1. The van der Waals surface area contributed by atoms with Crippen LogP contribution in [0.4, 0.5) is 5.69 Å². The largest absolute Gasteiger partial charge is 0.467 e. The first kappa shape index (κ1) is 35.5. The van der Waals surface area contributed by atoms with Gasteiger partial charge in [-0.25, -0.2) is 4.79 Å². The van der Waals surface area contributed by atoms with Crippen molar-refractivity contribution in [2.45, 2.75) is 64.8 Å². The number of carbonyl (C=O) groups excluding carboxylic acids is 6. The Hall–Kier alpha value is -4.68. The summed E-state index contributed by atoms with van der Waals surface area (Å²) in [6, 6.07) is 4.68. The van der Waals surface area contributed by atoms with Crippen molar-refractivity contribution >= 4 is 41.4 Å². The molecule has 44 heavy (non-hydrogen) atoms. The zero-order chi connectivity index (χ0) is 33.0. The van der Waals surface area contributed by atoms with Gasteiger partial charge in [0.05, 0.1) is 32.4 Å². The fourth-order valence-corrected chi connectivity index (χ4v) is 4.12. The normalized spacial score (nSPS) is 20.7. The molecule has 0 saturated carbocycles. The van der Waals surface area contributed by atoms with E-state index < -0.39 is 60.5 Å². The number of carbonyl (C=O) groups is 6. The van der Waals surface area contributed by atoms with E-state index in [1.807, 2.05) is 0 Å². The molecule has 1 aliphatic heterocycles. The number of likely N-dealkylation sites (N-methyl/N-ethyl adjacent to an activating group) is 1. The Kier molecular flexibility index (Phi) is 13.6. The topological polar surface area (TPSA) is 182 Å². The van der Waals surface area contributed by atoms with E-state index in [-0.39, 0.29) is 43.5 Å². The van der Waals surface area contributed by atoms with Crippen molar-refractivity contribution in [3.63, 3.8) is 0 Å². The van der Waals surface area contributed by atoms with Crippen LogP contribution in [-0.2, 0) is 57.2 Å². The summed E-state index contributed by atoms with van der Waals surface area (Å²) in [5.41, 5.74) is 0.850. The summed E-state index contributed by atoms with van der Waals surface area (Å²) in [5.74, 6) is -2.18. The second-order valence-corrected chi connectivity index (χ2v) is 9.59. The number of esters is 4. The smallest absolute Gasteiger partial charge is 0.339 e. The first-order valence-electron chi connectivity index (χ1n) is 13.3. The summed E-state index contributed by atoms with van der Waals surface area (Å²) >= 11 is 0. The molecular weight excluding hydrogens is 584 g/mol. The maximum Gasteiger partial charge on any atom is 0.339 e. The number of anilines is 1. The Morgan fingerprint density at radius 2 is 1.59 bits per heavy atom. The van der Waals surface area contributed by atoms with Gasteiger partial charge in [0.25, 0.3) is 0 Å². The maximum atomic E-state index is 12.9. The SMILES string of the molecule is C#CCOCCC(=O)N(C)CC(=O)Nc1cc(C)ccc1OC1OC(C(=O)OC)C(OC(C)=O)C(OC(C)=O)C1OC(C)=O. The van der Waals surface area contributed by atoms with Crippen LogP contribution in [-0.4, -0.2) is 105 Å². The lowest BCUT2D eigenvalue weighted by Gasteiger charge is -2.43. The Balaban J connectivity index is 2.38. The van der Waals surface area contributed by atoms with Gasteiger partial charge in [-0.3, -0.25) is 24.0 Å². The molecule has 0 aromatic heterocycles. The fourth-order valence-electron chi connectivity index (χ4n) is 4.12. The maximum absolute atomic E-state index is 12.9. The molecule has 1 aliphatic rings. The number of methoxy groups -OCH3 is 1. The van der Waals surface area contributed by atoms with Crippen LogP contribution in [0.3, 0.4) is 0 Å². The molecule has 5 atom stereocenters. The van der Waals surface area contributed by atoms with E-state index in [1.165, 1.54) is 18.0 Å². The van der Waals surface area contributed by atoms with Gasteiger partial charge in [-0.15, -0.1) is 6.42 Å². The van der Waals surface area contributed by atoms with Gasteiger partial charge < -0.3 is 43.4 Å². The molecule has 0 bridgehead atoms. The lowest BCUT2D eigenvalue weighted by molar-refractivity contribution is -0.282. The van der Waals surface area contributed by atoms with Gasteiger partial charge in [0.2, 0.25) is 24.2 Å². The highest BCUT2D eigenvalue weighted by Crippen LogP contribution is 2.34. The van der Waals surface area contributed by atoms with Gasteiger partial charge in [-0.2, -0.15) is 0 Å². The lowest BCUT2D eigenvalue weighted by Crippen LogP contribution is -2.64. The van der Waals surface area contributed by atoms with E-state index in [2.05, 4.69) is 11.2 Å². The van der Waals surface area contributed by atoms with Crippen LogP contribution in [0.5, 0.6) is 5.75 Å². The van der Waals surface area contributed by atoms with Gasteiger partial charge in [-0.1, -0.05) is 12.0 Å². The van der Waals surface area contributed by atoms with Gasteiger partial charge in [0.15, 0.2) is 18.3 Å². The van der Waals surface area contributed by atoms with Crippen LogP contribution < -0.4 is 10.1 Å².